The minimum atomic E-state index is -0.240. The van der Waals surface area contributed by atoms with Crippen LogP contribution in [0.4, 0.5) is 5.69 Å². The second-order valence-corrected chi connectivity index (χ2v) is 5.98. The molecule has 0 fully saturated rings. The molecular weight excluding hydrogens is 349 g/mol. The molecule has 3 N–H and O–H groups in total. The minimum absolute atomic E-state index is 0. The Labute approximate surface area is 155 Å². The van der Waals surface area contributed by atoms with Crippen LogP contribution < -0.4 is 11.1 Å². The number of methoxy groups -OCH3 is 1. The van der Waals surface area contributed by atoms with Crippen molar-refractivity contribution >= 4 is 47.3 Å². The third-order valence-electron chi connectivity index (χ3n) is 3.63. The number of halogens is 2. The van der Waals surface area contributed by atoms with Gasteiger partial charge in [-0.05, 0) is 30.2 Å². The van der Waals surface area contributed by atoms with Crippen LogP contribution in [-0.2, 0) is 16.1 Å². The molecule has 1 heterocycles. The lowest BCUT2D eigenvalue weighted by Gasteiger charge is -2.13. The van der Waals surface area contributed by atoms with E-state index in [1.54, 1.807) is 7.11 Å². The number of fused-ring (bicyclic) bond motifs is 1. The number of nitrogens with one attached hydrogen (secondary N) is 1. The molecule has 0 aliphatic heterocycles. The Morgan fingerprint density at radius 2 is 2.00 bits per heavy atom. The first kappa shape index (κ1) is 22.7. The van der Waals surface area contributed by atoms with Gasteiger partial charge in [0.05, 0.1) is 12.5 Å². The fraction of sp³-hybridized carbons (Fsp3) is 0.471. The van der Waals surface area contributed by atoms with Gasteiger partial charge in [-0.3, -0.25) is 4.79 Å². The van der Waals surface area contributed by atoms with Crippen molar-refractivity contribution in [1.82, 2.24) is 4.57 Å². The number of hydrogen-bond acceptors (Lipinski definition) is 3. The molecule has 0 saturated heterocycles. The molecule has 2 aromatic rings. The number of hydrogen-bond donors (Lipinski definition) is 2. The number of benzene rings is 1. The van der Waals surface area contributed by atoms with Crippen LogP contribution in [0, 0.1) is 5.92 Å². The third kappa shape index (κ3) is 5.98. The summed E-state index contributed by atoms with van der Waals surface area (Å²) in [6.07, 6.45) is 2.11. The second kappa shape index (κ2) is 10.6. The predicted molar refractivity (Wildman–Crippen MR) is 104 cm³/mol. The summed E-state index contributed by atoms with van der Waals surface area (Å²) in [7, 11) is 1.56. The Kier molecular flexibility index (Phi) is 10.0. The van der Waals surface area contributed by atoms with Crippen molar-refractivity contribution < 1.29 is 9.53 Å². The molecule has 0 radical (unpaired) electrons. The smallest absolute Gasteiger partial charge is 0.227 e. The van der Waals surface area contributed by atoms with Gasteiger partial charge in [-0.15, -0.1) is 24.8 Å². The summed E-state index contributed by atoms with van der Waals surface area (Å²) in [6, 6.07) is 8.05. The molecule has 1 amide bonds. The molecular formula is C17H27Cl2N3O2. The minimum Gasteiger partial charge on any atom is -0.380 e. The normalized spacial score (nSPS) is 11.7. The van der Waals surface area contributed by atoms with Gasteiger partial charge in [-0.1, -0.05) is 13.8 Å². The van der Waals surface area contributed by atoms with Gasteiger partial charge in [-0.25, -0.2) is 0 Å². The van der Waals surface area contributed by atoms with Gasteiger partial charge in [0.15, 0.2) is 0 Å². The van der Waals surface area contributed by atoms with Gasteiger partial charge in [0, 0.05) is 43.0 Å². The summed E-state index contributed by atoms with van der Waals surface area (Å²) in [4.78, 5) is 12.0. The molecule has 0 saturated carbocycles. The van der Waals surface area contributed by atoms with E-state index >= 15 is 0 Å². The third-order valence-corrected chi connectivity index (χ3v) is 3.63. The molecule has 1 atom stereocenters. The van der Waals surface area contributed by atoms with E-state index in [1.165, 1.54) is 5.52 Å². The number of nitrogens with zero attached hydrogens (tertiary/aromatic N) is 1. The zero-order chi connectivity index (χ0) is 16.1. The van der Waals surface area contributed by atoms with E-state index in [-0.39, 0.29) is 43.2 Å². The lowest BCUT2D eigenvalue weighted by atomic mass is 10.2. The van der Waals surface area contributed by atoms with Crippen LogP contribution in [0.15, 0.2) is 30.5 Å². The van der Waals surface area contributed by atoms with Crippen molar-refractivity contribution in [3.8, 4) is 0 Å². The zero-order valence-electron chi connectivity index (χ0n) is 14.3. The number of carbonyl (C=O) groups excluding carboxylic acids is 1. The maximum atomic E-state index is 12.0. The highest BCUT2D eigenvalue weighted by Gasteiger charge is 2.12. The molecule has 0 spiro atoms. The fourth-order valence-electron chi connectivity index (χ4n) is 2.51. The highest BCUT2D eigenvalue weighted by molar-refractivity contribution is 5.94. The number of carbonyl (C=O) groups is 1. The summed E-state index contributed by atoms with van der Waals surface area (Å²) in [5.41, 5.74) is 7.52. The average Bonchev–Trinajstić information content (AvgIpc) is 2.86. The van der Waals surface area contributed by atoms with E-state index < -0.39 is 0 Å². The first-order valence-electron chi connectivity index (χ1n) is 7.65. The molecule has 1 aromatic carbocycles. The molecule has 5 nitrogen and oxygen atoms in total. The van der Waals surface area contributed by atoms with Crippen molar-refractivity contribution in [2.24, 2.45) is 11.7 Å². The van der Waals surface area contributed by atoms with Crippen LogP contribution in [0.25, 0.3) is 10.9 Å². The topological polar surface area (TPSA) is 69.3 Å². The summed E-state index contributed by atoms with van der Waals surface area (Å²) < 4.78 is 7.37. The van der Waals surface area contributed by atoms with Crippen LogP contribution in [0.5, 0.6) is 0 Å². The Bertz CT molecular complexity index is 640. The molecule has 2 rings (SSSR count). The van der Waals surface area contributed by atoms with Crippen molar-refractivity contribution in [3.05, 3.63) is 30.5 Å². The zero-order valence-corrected chi connectivity index (χ0v) is 16.0. The Morgan fingerprint density at radius 1 is 1.29 bits per heavy atom. The van der Waals surface area contributed by atoms with E-state index in [1.807, 2.05) is 18.2 Å². The number of anilines is 1. The van der Waals surface area contributed by atoms with Gasteiger partial charge >= 0.3 is 0 Å². The van der Waals surface area contributed by atoms with Gasteiger partial charge < -0.3 is 20.4 Å². The van der Waals surface area contributed by atoms with Crippen LogP contribution in [0.1, 0.15) is 20.3 Å². The van der Waals surface area contributed by atoms with Gasteiger partial charge in [0.25, 0.3) is 0 Å². The monoisotopic (exact) mass is 375 g/mol. The van der Waals surface area contributed by atoms with Gasteiger partial charge in [0.2, 0.25) is 5.91 Å². The number of amides is 1. The Morgan fingerprint density at radius 3 is 2.58 bits per heavy atom. The summed E-state index contributed by atoms with van der Waals surface area (Å²) >= 11 is 0. The molecule has 1 unspecified atom stereocenters. The molecule has 0 aliphatic rings. The lowest BCUT2D eigenvalue weighted by Crippen LogP contribution is -2.28. The molecule has 7 heteroatoms. The molecule has 0 bridgehead atoms. The van der Waals surface area contributed by atoms with Crippen molar-refractivity contribution in [2.75, 3.05) is 19.0 Å². The lowest BCUT2D eigenvalue weighted by molar-refractivity contribution is -0.118. The quantitative estimate of drug-likeness (QED) is 0.778. The molecule has 0 aliphatic carbocycles. The van der Waals surface area contributed by atoms with E-state index in [0.717, 1.165) is 17.6 Å². The Hall–Kier alpha value is -1.27. The van der Waals surface area contributed by atoms with Crippen molar-refractivity contribution in [2.45, 2.75) is 32.9 Å². The van der Waals surface area contributed by atoms with Crippen LogP contribution in [0.3, 0.4) is 0 Å². The predicted octanol–water partition coefficient (Wildman–Crippen LogP) is 3.44. The van der Waals surface area contributed by atoms with Gasteiger partial charge in [-0.2, -0.15) is 0 Å². The molecule has 136 valence electrons. The van der Waals surface area contributed by atoms with Crippen LogP contribution >= 0.6 is 24.8 Å². The number of nitrogens with two attached hydrogens (primary N) is 1. The Balaban J connectivity index is 0.00000264. The van der Waals surface area contributed by atoms with Crippen molar-refractivity contribution in [3.63, 3.8) is 0 Å². The maximum absolute atomic E-state index is 12.0. The van der Waals surface area contributed by atoms with E-state index in [9.17, 15) is 4.79 Å². The second-order valence-electron chi connectivity index (χ2n) is 5.98. The van der Waals surface area contributed by atoms with Gasteiger partial charge in [0.1, 0.15) is 0 Å². The SMILES string of the molecule is COC(CN)CC(=O)Nc1ccc2c(ccn2CC(C)C)c1.Cl.Cl. The largest absolute Gasteiger partial charge is 0.380 e. The highest BCUT2D eigenvalue weighted by atomic mass is 35.5. The molecule has 24 heavy (non-hydrogen) atoms. The maximum Gasteiger partial charge on any atom is 0.227 e. The highest BCUT2D eigenvalue weighted by Crippen LogP contribution is 2.21. The summed E-state index contributed by atoms with van der Waals surface area (Å²) in [5.74, 6) is 0.510. The first-order valence-corrected chi connectivity index (χ1v) is 7.65. The van der Waals surface area contributed by atoms with Crippen LogP contribution in [0.2, 0.25) is 0 Å². The van der Waals surface area contributed by atoms with Crippen LogP contribution in [-0.4, -0.2) is 30.2 Å². The first-order chi connectivity index (χ1) is 10.5. The van der Waals surface area contributed by atoms with E-state index in [0.29, 0.717) is 12.5 Å². The van der Waals surface area contributed by atoms with Crippen molar-refractivity contribution in [1.29, 1.82) is 0 Å². The summed E-state index contributed by atoms with van der Waals surface area (Å²) in [5, 5.41) is 4.02. The van der Waals surface area contributed by atoms with E-state index in [2.05, 4.69) is 36.0 Å². The van der Waals surface area contributed by atoms with E-state index in [4.69, 9.17) is 10.5 Å². The standard InChI is InChI=1S/C17H25N3O2.2ClH/c1-12(2)11-20-7-6-13-8-14(4-5-16(13)20)19-17(21)9-15(10-18)22-3;;/h4-8,12,15H,9-11,18H2,1-3H3,(H,19,21);2*1H. The average molecular weight is 376 g/mol. The fourth-order valence-corrected chi connectivity index (χ4v) is 2.51. The molecule has 1 aromatic heterocycles. The number of rotatable bonds is 7. The number of ether oxygens (including phenoxy) is 1. The number of aromatic nitrogens is 1. The summed E-state index contributed by atoms with van der Waals surface area (Å²) in [6.45, 7) is 5.72.